The minimum absolute atomic E-state index is 0.0372. The summed E-state index contributed by atoms with van der Waals surface area (Å²) in [6.45, 7) is 25.4. The quantitative estimate of drug-likeness (QED) is 0.195. The molecule has 1 spiro atoms. The number of pyridine rings is 1. The molecule has 0 unspecified atom stereocenters. The normalized spacial score (nSPS) is 36.1. The minimum atomic E-state index is -2.66. The molecule has 0 amide bonds. The molecule has 5 heterocycles. The zero-order valence-electron chi connectivity index (χ0n) is 30.8. The van der Waals surface area contributed by atoms with Gasteiger partial charge in [-0.05, 0) is 53.9 Å². The van der Waals surface area contributed by atoms with Gasteiger partial charge in [-0.1, -0.05) is 82.2 Å². The van der Waals surface area contributed by atoms with Crippen molar-refractivity contribution < 1.29 is 32.3 Å². The van der Waals surface area contributed by atoms with Gasteiger partial charge in [0.2, 0.25) is 0 Å². The second-order valence-electron chi connectivity index (χ2n) is 16.7. The molecular formula is C36H61NO7SSi2. The average Bonchev–Trinajstić information content (AvgIpc) is 2.99. The van der Waals surface area contributed by atoms with Gasteiger partial charge in [0.1, 0.15) is 11.1 Å². The van der Waals surface area contributed by atoms with Crippen LogP contribution >= 0.6 is 11.8 Å². The molecule has 4 aliphatic heterocycles. The number of carbonyl (C=O) groups is 1. The molecule has 0 N–H and O–H groups in total. The van der Waals surface area contributed by atoms with Gasteiger partial charge in [0, 0.05) is 42.0 Å². The number of hydrogen-bond donors (Lipinski definition) is 0. The molecule has 0 saturated carbocycles. The molecule has 4 aliphatic rings. The Morgan fingerprint density at radius 3 is 2.23 bits per heavy atom. The Hall–Kier alpha value is -0.636. The van der Waals surface area contributed by atoms with Gasteiger partial charge in [0.25, 0.3) is 0 Å². The molecule has 0 radical (unpaired) electrons. The van der Waals surface area contributed by atoms with E-state index >= 15 is 0 Å². The molecule has 0 aromatic carbocycles. The average molecular weight is 708 g/mol. The molecule has 47 heavy (non-hydrogen) atoms. The molecule has 4 fully saturated rings. The number of carbonyl (C=O) groups excluding carboxylic acids is 1. The van der Waals surface area contributed by atoms with Crippen molar-refractivity contribution in [1.82, 2.24) is 4.98 Å². The topological polar surface area (TPSA) is 85.3 Å². The van der Waals surface area contributed by atoms with Crippen molar-refractivity contribution in [2.75, 3.05) is 6.61 Å². The molecule has 0 bridgehead atoms. The first-order valence-corrected chi connectivity index (χ1v) is 23.3. The van der Waals surface area contributed by atoms with Gasteiger partial charge in [-0.15, -0.1) is 0 Å². The van der Waals surface area contributed by atoms with Crippen LogP contribution in [-0.2, 0) is 32.3 Å². The largest absolute Gasteiger partial charge is 0.411 e. The van der Waals surface area contributed by atoms with Crippen LogP contribution in [0, 0.1) is 11.8 Å². The summed E-state index contributed by atoms with van der Waals surface area (Å²) >= 11 is 1.19. The number of nitrogens with zero attached hydrogens (tertiary/aromatic N) is 1. The summed E-state index contributed by atoms with van der Waals surface area (Å²) in [7, 11) is -4.63. The first-order chi connectivity index (χ1) is 22.0. The van der Waals surface area contributed by atoms with Crippen LogP contribution in [0.3, 0.4) is 0 Å². The van der Waals surface area contributed by atoms with Crippen molar-refractivity contribution in [1.29, 1.82) is 0 Å². The Bertz CT molecular complexity index is 1200. The predicted octanol–water partition coefficient (Wildman–Crippen LogP) is 8.64. The highest BCUT2D eigenvalue weighted by Crippen LogP contribution is 2.56. The van der Waals surface area contributed by atoms with Crippen LogP contribution in [-0.4, -0.2) is 76.0 Å². The molecule has 9 atom stereocenters. The fraction of sp³-hybridized carbons (Fsp3) is 0.833. The summed E-state index contributed by atoms with van der Waals surface area (Å²) in [5, 5.41) is 0.531. The Morgan fingerprint density at radius 2 is 1.64 bits per heavy atom. The number of ether oxygens (including phenoxy) is 3. The maximum absolute atomic E-state index is 13.6. The Labute approximate surface area is 290 Å². The standard InChI is InChI=1S/C36H61NO7SSi2/c1-12-46(13-2,14-3)44-33-25(5)22-36(42-28(33)20-31(38)45-30-17-15-16-18-37-30)21-24(4)32-27(41-36)19-26-29(40-32)23-39-47(43-26,34(6,7)8)35(9,10)11/h15-18,24-29,32-33H,12-14,19-23H2,1-11H3/t24-,25-,26+,27-,28-,29+,32-,33-,36+/m0/s1. The fourth-order valence-corrected chi connectivity index (χ4v) is 17.7. The van der Waals surface area contributed by atoms with E-state index in [0.29, 0.717) is 18.1 Å². The third-order valence-electron chi connectivity index (χ3n) is 11.4. The maximum Gasteiger partial charge on any atom is 0.349 e. The van der Waals surface area contributed by atoms with Gasteiger partial charge in [0.15, 0.2) is 19.2 Å². The highest BCUT2D eigenvalue weighted by Gasteiger charge is 2.64. The molecule has 8 nitrogen and oxygen atoms in total. The van der Waals surface area contributed by atoms with E-state index in [1.165, 1.54) is 11.8 Å². The fourth-order valence-electron chi connectivity index (χ4n) is 9.01. The van der Waals surface area contributed by atoms with Crippen LogP contribution in [0.5, 0.6) is 0 Å². The second-order valence-corrected chi connectivity index (χ2v) is 27.3. The zero-order chi connectivity index (χ0) is 34.4. The van der Waals surface area contributed by atoms with Crippen molar-refractivity contribution >= 4 is 33.8 Å². The van der Waals surface area contributed by atoms with Crippen molar-refractivity contribution in [3.05, 3.63) is 24.4 Å². The van der Waals surface area contributed by atoms with Gasteiger partial charge in [-0.2, -0.15) is 0 Å². The zero-order valence-corrected chi connectivity index (χ0v) is 33.6. The lowest BCUT2D eigenvalue weighted by Gasteiger charge is -2.60. The molecular weight excluding hydrogens is 647 g/mol. The SMILES string of the molecule is CC[Si](CC)(CC)O[C@@H]1[C@H](CC(=O)Sc2ccccn2)O[C@]2(C[C@H](C)[C@@H]3O[C@@H]4CO[Si](C(C)(C)C)(C(C)(C)C)O[C@@H]4C[C@@H]3O2)C[C@@H]1C. The molecule has 1 aromatic rings. The van der Waals surface area contributed by atoms with E-state index < -0.39 is 28.8 Å². The Balaban J connectivity index is 1.39. The number of rotatable bonds is 8. The van der Waals surface area contributed by atoms with Gasteiger partial charge in [0.05, 0.1) is 37.1 Å². The van der Waals surface area contributed by atoms with E-state index in [1.54, 1.807) is 6.20 Å². The Kier molecular flexibility index (Phi) is 11.3. The Morgan fingerprint density at radius 1 is 0.979 bits per heavy atom. The van der Waals surface area contributed by atoms with Crippen LogP contribution in [0.25, 0.3) is 0 Å². The van der Waals surface area contributed by atoms with E-state index in [9.17, 15) is 4.79 Å². The summed E-state index contributed by atoms with van der Waals surface area (Å²) in [5.74, 6) is -0.428. The molecule has 11 heteroatoms. The van der Waals surface area contributed by atoms with E-state index in [-0.39, 0.29) is 64.0 Å². The summed E-state index contributed by atoms with van der Waals surface area (Å²) in [6.07, 6.45) is 3.19. The van der Waals surface area contributed by atoms with E-state index in [1.807, 2.05) is 18.2 Å². The first-order valence-electron chi connectivity index (χ1n) is 18.1. The van der Waals surface area contributed by atoms with Gasteiger partial charge in [-0.3, -0.25) is 4.79 Å². The van der Waals surface area contributed by atoms with Crippen LogP contribution in [0.1, 0.15) is 102 Å². The van der Waals surface area contributed by atoms with Crippen LogP contribution in [0.15, 0.2) is 29.4 Å². The predicted molar refractivity (Wildman–Crippen MR) is 191 cm³/mol. The summed E-state index contributed by atoms with van der Waals surface area (Å²) in [5.41, 5.74) is 0. The lowest BCUT2D eigenvalue weighted by molar-refractivity contribution is -0.375. The number of hydrogen-bond acceptors (Lipinski definition) is 9. The van der Waals surface area contributed by atoms with Crippen molar-refractivity contribution in [2.45, 2.75) is 177 Å². The van der Waals surface area contributed by atoms with Gasteiger partial charge >= 0.3 is 8.56 Å². The van der Waals surface area contributed by atoms with Crippen molar-refractivity contribution in [3.63, 3.8) is 0 Å². The number of aromatic nitrogens is 1. The van der Waals surface area contributed by atoms with E-state index in [0.717, 1.165) is 31.0 Å². The highest BCUT2D eigenvalue weighted by molar-refractivity contribution is 8.13. The lowest BCUT2D eigenvalue weighted by atomic mass is 9.78. The molecule has 5 rings (SSSR count). The third-order valence-corrected chi connectivity index (χ3v) is 22.0. The molecule has 1 aromatic heterocycles. The minimum Gasteiger partial charge on any atom is -0.411 e. The summed E-state index contributed by atoms with van der Waals surface area (Å²) < 4.78 is 42.0. The van der Waals surface area contributed by atoms with Crippen molar-refractivity contribution in [3.8, 4) is 0 Å². The number of fused-ring (bicyclic) bond motifs is 2. The second kappa shape index (κ2) is 14.2. The monoisotopic (exact) mass is 707 g/mol. The molecule has 4 saturated heterocycles. The van der Waals surface area contributed by atoms with Crippen LogP contribution in [0.2, 0.25) is 28.2 Å². The maximum atomic E-state index is 13.6. The summed E-state index contributed by atoms with van der Waals surface area (Å²) in [4.78, 5) is 17.9. The van der Waals surface area contributed by atoms with E-state index in [4.69, 9.17) is 27.5 Å². The smallest absolute Gasteiger partial charge is 0.349 e. The van der Waals surface area contributed by atoms with Gasteiger partial charge in [-0.25, -0.2) is 4.98 Å². The third kappa shape index (κ3) is 7.54. The first kappa shape index (κ1) is 37.6. The van der Waals surface area contributed by atoms with Crippen LogP contribution < -0.4 is 0 Å². The molecule has 266 valence electrons. The van der Waals surface area contributed by atoms with Gasteiger partial charge < -0.3 is 27.5 Å². The lowest BCUT2D eigenvalue weighted by Crippen LogP contribution is -2.69. The highest BCUT2D eigenvalue weighted by atomic mass is 32.2. The van der Waals surface area contributed by atoms with E-state index in [2.05, 4.69) is 81.1 Å². The number of thioether (sulfide) groups is 1. The molecule has 0 aliphatic carbocycles. The van der Waals surface area contributed by atoms with Crippen LogP contribution in [0.4, 0.5) is 0 Å². The summed E-state index contributed by atoms with van der Waals surface area (Å²) in [6, 6.07) is 8.80. The van der Waals surface area contributed by atoms with Crippen molar-refractivity contribution in [2.24, 2.45) is 11.8 Å².